The Labute approximate surface area is 250 Å². The molecule has 0 aromatic heterocycles. The predicted octanol–water partition coefficient (Wildman–Crippen LogP) is 7.12. The van der Waals surface area contributed by atoms with Gasteiger partial charge in [-0.3, -0.25) is 0 Å². The molecule has 208 valence electrons. The zero-order chi connectivity index (χ0) is 27.4. The molecule has 4 aromatic carbocycles. The van der Waals surface area contributed by atoms with E-state index in [1.54, 1.807) is 0 Å². The van der Waals surface area contributed by atoms with Gasteiger partial charge in [-0.15, -0.1) is 0 Å². The smallest absolute Gasteiger partial charge is 0.172 e. The van der Waals surface area contributed by atoms with E-state index in [4.69, 9.17) is 23.7 Å². The second-order valence-corrected chi connectivity index (χ2v) is 11.2. The summed E-state index contributed by atoms with van der Waals surface area (Å²) in [6.45, 7) is 2.22. The van der Waals surface area contributed by atoms with Gasteiger partial charge in [0.25, 0.3) is 0 Å². The maximum absolute atomic E-state index is 6.61. The summed E-state index contributed by atoms with van der Waals surface area (Å²) in [6.07, 6.45) is -1.48. The van der Waals surface area contributed by atoms with Crippen molar-refractivity contribution in [1.82, 2.24) is 0 Å². The van der Waals surface area contributed by atoms with Gasteiger partial charge in [-0.25, -0.2) is 0 Å². The van der Waals surface area contributed by atoms with E-state index in [2.05, 4.69) is 71.1 Å². The summed E-state index contributed by atoms with van der Waals surface area (Å²) in [4.78, 5) is 0. The highest BCUT2D eigenvalue weighted by molar-refractivity contribution is 14.1. The summed E-state index contributed by atoms with van der Waals surface area (Å²) in [5, 5.41) is 0. The molecule has 0 bridgehead atoms. The van der Waals surface area contributed by atoms with E-state index >= 15 is 0 Å². The minimum Gasteiger partial charge on any atom is -0.374 e. The van der Waals surface area contributed by atoms with Gasteiger partial charge in [0.1, 0.15) is 18.3 Å². The number of hydrogen-bond donors (Lipinski definition) is 0. The van der Waals surface area contributed by atoms with Crippen molar-refractivity contribution in [2.75, 3.05) is 6.61 Å². The van der Waals surface area contributed by atoms with Crippen LogP contribution in [0.3, 0.4) is 0 Å². The number of rotatable bonds is 13. The third-order valence-corrected chi connectivity index (χ3v) is 8.09. The van der Waals surface area contributed by atoms with Crippen LogP contribution in [0.4, 0.5) is 0 Å². The second-order valence-electron chi connectivity index (χ2n) is 9.81. The average Bonchev–Trinajstić information content (AvgIpc) is 3.01. The molecular formula is C34H35IO5. The maximum atomic E-state index is 6.61. The number of ether oxygens (including phenoxy) is 5. The first kappa shape index (κ1) is 28.9. The SMILES string of the molecule is I[C@H]1[C@H](OCc2ccccc2)O[C@H](COCc2ccccc2)[C@@H](OCc2ccccc2)[C@@H]1OCc1ccccc1. The van der Waals surface area contributed by atoms with Crippen molar-refractivity contribution in [2.24, 2.45) is 0 Å². The van der Waals surface area contributed by atoms with Crippen LogP contribution in [0.5, 0.6) is 0 Å². The van der Waals surface area contributed by atoms with E-state index in [0.717, 1.165) is 22.3 Å². The lowest BCUT2D eigenvalue weighted by Crippen LogP contribution is -2.59. The highest BCUT2D eigenvalue weighted by atomic mass is 127. The van der Waals surface area contributed by atoms with Crippen LogP contribution >= 0.6 is 22.6 Å². The summed E-state index contributed by atoms with van der Waals surface area (Å²) in [7, 11) is 0. The summed E-state index contributed by atoms with van der Waals surface area (Å²) in [6, 6.07) is 40.7. The highest BCUT2D eigenvalue weighted by Crippen LogP contribution is 2.33. The summed E-state index contributed by atoms with van der Waals surface area (Å²) in [5.74, 6) is 0. The standard InChI is InChI=1S/C34H35IO5/c35-31-33(38-23-28-17-9-3-10-18-28)32(37-22-27-15-7-2-8-16-27)30(25-36-21-26-13-5-1-6-14-26)40-34(31)39-24-29-19-11-4-12-20-29/h1-20,30-34H,21-25H2/t30-,31-,32-,33-,34-/m1/s1. The van der Waals surface area contributed by atoms with Crippen LogP contribution in [0.25, 0.3) is 0 Å². The highest BCUT2D eigenvalue weighted by Gasteiger charge is 2.47. The van der Waals surface area contributed by atoms with Crippen LogP contribution in [0.1, 0.15) is 22.3 Å². The van der Waals surface area contributed by atoms with Crippen LogP contribution in [-0.4, -0.2) is 35.1 Å². The third kappa shape index (κ3) is 8.46. The molecule has 0 amide bonds. The van der Waals surface area contributed by atoms with Crippen molar-refractivity contribution in [3.05, 3.63) is 144 Å². The van der Waals surface area contributed by atoms with Gasteiger partial charge < -0.3 is 23.7 Å². The van der Waals surface area contributed by atoms with E-state index in [1.165, 1.54) is 0 Å². The molecule has 6 heteroatoms. The Bertz CT molecular complexity index is 1200. The monoisotopic (exact) mass is 650 g/mol. The molecule has 0 N–H and O–H groups in total. The van der Waals surface area contributed by atoms with Gasteiger partial charge in [-0.1, -0.05) is 144 Å². The van der Waals surface area contributed by atoms with Crippen molar-refractivity contribution in [2.45, 2.75) is 55.0 Å². The van der Waals surface area contributed by atoms with Crippen molar-refractivity contribution in [1.29, 1.82) is 0 Å². The summed E-state index contributed by atoms with van der Waals surface area (Å²) >= 11 is 2.40. The van der Waals surface area contributed by atoms with Gasteiger partial charge in [-0.2, -0.15) is 0 Å². The molecule has 4 aromatic rings. The van der Waals surface area contributed by atoms with Gasteiger partial charge in [0.05, 0.1) is 37.0 Å². The fourth-order valence-electron chi connectivity index (χ4n) is 4.68. The van der Waals surface area contributed by atoms with Crippen LogP contribution in [0.15, 0.2) is 121 Å². The molecule has 1 fully saturated rings. The average molecular weight is 651 g/mol. The van der Waals surface area contributed by atoms with E-state index in [-0.39, 0.29) is 22.2 Å². The lowest BCUT2D eigenvalue weighted by Gasteiger charge is -2.44. The van der Waals surface area contributed by atoms with E-state index in [1.807, 2.05) is 72.8 Å². The normalized spacial score (nSPS) is 22.7. The Morgan fingerprint density at radius 1 is 0.500 bits per heavy atom. The maximum Gasteiger partial charge on any atom is 0.172 e. The quantitative estimate of drug-likeness (QED) is 0.114. The molecule has 5 rings (SSSR count). The van der Waals surface area contributed by atoms with Crippen molar-refractivity contribution in [3.63, 3.8) is 0 Å². The van der Waals surface area contributed by atoms with E-state index < -0.39 is 6.29 Å². The van der Waals surface area contributed by atoms with Crippen LogP contribution < -0.4 is 0 Å². The Morgan fingerprint density at radius 2 is 0.900 bits per heavy atom. The summed E-state index contributed by atoms with van der Waals surface area (Å²) < 4.78 is 32.2. The second kappa shape index (κ2) is 15.4. The number of benzene rings is 4. The first-order valence-corrected chi connectivity index (χ1v) is 14.9. The first-order valence-electron chi connectivity index (χ1n) is 13.6. The molecule has 1 heterocycles. The van der Waals surface area contributed by atoms with Crippen LogP contribution in [-0.2, 0) is 50.1 Å². The zero-order valence-electron chi connectivity index (χ0n) is 22.4. The van der Waals surface area contributed by atoms with E-state index in [9.17, 15) is 0 Å². The predicted molar refractivity (Wildman–Crippen MR) is 164 cm³/mol. The summed E-state index contributed by atoms with van der Waals surface area (Å²) in [5.41, 5.74) is 4.41. The Morgan fingerprint density at radius 3 is 1.38 bits per heavy atom. The van der Waals surface area contributed by atoms with Gasteiger partial charge in [0.15, 0.2) is 6.29 Å². The molecule has 0 aliphatic carbocycles. The van der Waals surface area contributed by atoms with Crippen LogP contribution in [0.2, 0.25) is 0 Å². The molecule has 5 nitrogen and oxygen atoms in total. The molecule has 0 spiro atoms. The van der Waals surface area contributed by atoms with Crippen LogP contribution in [0, 0.1) is 0 Å². The minimum absolute atomic E-state index is 0.101. The molecule has 0 saturated carbocycles. The molecule has 5 atom stereocenters. The Kier molecular flexibility index (Phi) is 11.1. The number of alkyl halides is 1. The molecular weight excluding hydrogens is 615 g/mol. The van der Waals surface area contributed by atoms with Crippen molar-refractivity contribution in [3.8, 4) is 0 Å². The molecule has 1 aliphatic heterocycles. The largest absolute Gasteiger partial charge is 0.374 e. The topological polar surface area (TPSA) is 46.2 Å². The Hall–Kier alpha value is -2.59. The fourth-order valence-corrected chi connectivity index (χ4v) is 5.67. The molecule has 1 saturated heterocycles. The zero-order valence-corrected chi connectivity index (χ0v) is 24.5. The van der Waals surface area contributed by atoms with Gasteiger partial charge >= 0.3 is 0 Å². The van der Waals surface area contributed by atoms with Gasteiger partial charge in [-0.05, 0) is 22.3 Å². The van der Waals surface area contributed by atoms with Gasteiger partial charge in [0, 0.05) is 0 Å². The lowest BCUT2D eigenvalue weighted by atomic mass is 10.0. The number of halogens is 1. The van der Waals surface area contributed by atoms with Gasteiger partial charge in [0.2, 0.25) is 0 Å². The molecule has 0 radical (unpaired) electrons. The lowest BCUT2D eigenvalue weighted by molar-refractivity contribution is -0.274. The van der Waals surface area contributed by atoms with Crippen molar-refractivity contribution >= 4 is 22.6 Å². The molecule has 0 unspecified atom stereocenters. The minimum atomic E-state index is -0.483. The van der Waals surface area contributed by atoms with Crippen molar-refractivity contribution < 1.29 is 23.7 Å². The van der Waals surface area contributed by atoms with E-state index in [0.29, 0.717) is 33.0 Å². The molecule has 1 aliphatic rings. The third-order valence-electron chi connectivity index (χ3n) is 6.79. The molecule has 40 heavy (non-hydrogen) atoms. The fraction of sp³-hybridized carbons (Fsp3) is 0.294. The first-order chi connectivity index (χ1) is 19.8. The Balaban J connectivity index is 1.34. The number of hydrogen-bond acceptors (Lipinski definition) is 5.